The predicted molar refractivity (Wildman–Crippen MR) is 83.9 cm³/mol. The van der Waals surface area contributed by atoms with Gasteiger partial charge >= 0.3 is 11.9 Å². The first-order chi connectivity index (χ1) is 10.9. The summed E-state index contributed by atoms with van der Waals surface area (Å²) in [5.74, 6) is -1.50. The molecule has 0 radical (unpaired) electrons. The highest BCUT2D eigenvalue weighted by atomic mass is 16.4. The molecule has 1 saturated heterocycles. The van der Waals surface area contributed by atoms with Crippen LogP contribution >= 0.6 is 0 Å². The maximum atomic E-state index is 11.8. The fraction of sp³-hybridized carbons (Fsp3) is 0.800. The fourth-order valence-corrected chi connectivity index (χ4v) is 2.71. The van der Waals surface area contributed by atoms with Crippen LogP contribution in [-0.4, -0.2) is 65.2 Å². The molecule has 5 N–H and O–H groups in total. The summed E-state index contributed by atoms with van der Waals surface area (Å²) in [7, 11) is 0. The quantitative estimate of drug-likeness (QED) is 0.410. The van der Waals surface area contributed by atoms with Gasteiger partial charge in [0.25, 0.3) is 0 Å². The minimum absolute atomic E-state index is 0.00391. The molecule has 8 heteroatoms. The van der Waals surface area contributed by atoms with Gasteiger partial charge in [-0.2, -0.15) is 0 Å². The molecule has 1 fully saturated rings. The lowest BCUT2D eigenvalue weighted by Crippen LogP contribution is -2.38. The van der Waals surface area contributed by atoms with Gasteiger partial charge in [0.15, 0.2) is 0 Å². The van der Waals surface area contributed by atoms with E-state index < -0.39 is 18.0 Å². The zero-order chi connectivity index (χ0) is 17.2. The van der Waals surface area contributed by atoms with Crippen molar-refractivity contribution in [3.63, 3.8) is 0 Å². The lowest BCUT2D eigenvalue weighted by molar-refractivity contribution is -0.139. The Morgan fingerprint density at radius 1 is 1.17 bits per heavy atom. The summed E-state index contributed by atoms with van der Waals surface area (Å²) >= 11 is 0. The summed E-state index contributed by atoms with van der Waals surface area (Å²) in [6.07, 6.45) is 3.94. The second-order valence-corrected chi connectivity index (χ2v) is 6.11. The summed E-state index contributed by atoms with van der Waals surface area (Å²) in [6, 6.07) is -0.832. The van der Waals surface area contributed by atoms with E-state index in [1.165, 1.54) is 0 Å². The zero-order valence-electron chi connectivity index (χ0n) is 13.4. The van der Waals surface area contributed by atoms with Crippen LogP contribution in [0.3, 0.4) is 0 Å². The van der Waals surface area contributed by atoms with E-state index in [4.69, 9.17) is 15.9 Å². The highest BCUT2D eigenvalue weighted by molar-refractivity contribution is 5.76. The van der Waals surface area contributed by atoms with Crippen molar-refractivity contribution in [1.82, 2.24) is 10.2 Å². The topological polar surface area (TPSA) is 133 Å². The van der Waals surface area contributed by atoms with Crippen LogP contribution in [0, 0.1) is 5.92 Å². The number of hydrogen-bond acceptors (Lipinski definition) is 5. The van der Waals surface area contributed by atoms with Gasteiger partial charge in [-0.15, -0.1) is 0 Å². The van der Waals surface area contributed by atoms with E-state index in [2.05, 4.69) is 5.32 Å². The maximum absolute atomic E-state index is 11.8. The Bertz CT molecular complexity index is 408. The number of hydrogen-bond donors (Lipinski definition) is 4. The molecule has 132 valence electrons. The second kappa shape index (κ2) is 10.2. The summed E-state index contributed by atoms with van der Waals surface area (Å²) in [5, 5.41) is 20.2. The van der Waals surface area contributed by atoms with Crippen molar-refractivity contribution >= 4 is 17.8 Å². The summed E-state index contributed by atoms with van der Waals surface area (Å²) < 4.78 is 0. The van der Waals surface area contributed by atoms with Gasteiger partial charge in [-0.3, -0.25) is 19.3 Å². The molecule has 1 aliphatic rings. The summed E-state index contributed by atoms with van der Waals surface area (Å²) in [4.78, 5) is 34.9. The lowest BCUT2D eigenvalue weighted by Gasteiger charge is -2.30. The van der Waals surface area contributed by atoms with E-state index in [0.29, 0.717) is 38.1 Å². The number of carbonyl (C=O) groups excluding carboxylic acids is 1. The molecular formula is C15H27N3O5. The number of likely N-dealkylation sites (tertiary alicyclic amines) is 1. The van der Waals surface area contributed by atoms with Crippen molar-refractivity contribution in [3.8, 4) is 0 Å². The number of piperidine rings is 1. The van der Waals surface area contributed by atoms with Gasteiger partial charge in [-0.1, -0.05) is 0 Å². The average Bonchev–Trinajstić information content (AvgIpc) is 2.48. The Morgan fingerprint density at radius 3 is 2.39 bits per heavy atom. The highest BCUT2D eigenvalue weighted by Crippen LogP contribution is 2.20. The molecular weight excluding hydrogens is 302 g/mol. The molecule has 0 aromatic rings. The van der Waals surface area contributed by atoms with Crippen molar-refractivity contribution in [2.75, 3.05) is 26.2 Å². The van der Waals surface area contributed by atoms with Crippen LogP contribution in [0.4, 0.5) is 0 Å². The van der Waals surface area contributed by atoms with Gasteiger partial charge in [0.2, 0.25) is 5.91 Å². The minimum atomic E-state index is -0.997. The van der Waals surface area contributed by atoms with E-state index in [0.717, 1.165) is 25.9 Å². The van der Waals surface area contributed by atoms with Crippen LogP contribution < -0.4 is 11.1 Å². The maximum Gasteiger partial charge on any atom is 0.320 e. The summed E-state index contributed by atoms with van der Waals surface area (Å²) in [6.45, 7) is 2.04. The molecule has 0 saturated carbocycles. The third kappa shape index (κ3) is 8.51. The van der Waals surface area contributed by atoms with Gasteiger partial charge in [0.05, 0.1) is 6.54 Å². The monoisotopic (exact) mass is 329 g/mol. The van der Waals surface area contributed by atoms with Crippen LogP contribution in [0.2, 0.25) is 0 Å². The standard InChI is InChI=1S/C15H27N3O5/c16-12(15(22)23)3-1-2-6-17-13(19)9-11-4-7-18(8-5-11)10-14(20)21/h11-12H,1-10,16H2,(H,17,19)(H,20,21)(H,22,23). The lowest BCUT2D eigenvalue weighted by atomic mass is 9.93. The van der Waals surface area contributed by atoms with E-state index in [-0.39, 0.29) is 12.5 Å². The van der Waals surface area contributed by atoms with Crippen LogP contribution in [-0.2, 0) is 14.4 Å². The Hall–Kier alpha value is -1.67. The number of unbranched alkanes of at least 4 members (excludes halogenated alkanes) is 1. The SMILES string of the molecule is NC(CCCCNC(=O)CC1CCN(CC(=O)O)CC1)C(=O)O. The molecule has 0 spiro atoms. The van der Waals surface area contributed by atoms with Crippen molar-refractivity contribution in [2.24, 2.45) is 11.7 Å². The molecule has 0 aliphatic carbocycles. The number of nitrogens with zero attached hydrogens (tertiary/aromatic N) is 1. The van der Waals surface area contributed by atoms with Gasteiger partial charge in [-0.05, 0) is 51.1 Å². The molecule has 1 atom stereocenters. The average molecular weight is 329 g/mol. The third-order valence-corrected chi connectivity index (χ3v) is 4.12. The smallest absolute Gasteiger partial charge is 0.320 e. The molecule has 8 nitrogen and oxygen atoms in total. The minimum Gasteiger partial charge on any atom is -0.480 e. The Balaban J connectivity index is 2.06. The molecule has 1 amide bonds. The Morgan fingerprint density at radius 2 is 1.83 bits per heavy atom. The molecule has 0 aromatic carbocycles. The Kier molecular flexibility index (Phi) is 8.57. The Labute approximate surface area is 136 Å². The normalized spacial score (nSPS) is 17.6. The number of nitrogens with one attached hydrogen (secondary N) is 1. The number of carboxylic acids is 2. The number of rotatable bonds is 10. The zero-order valence-corrected chi connectivity index (χ0v) is 13.4. The molecule has 0 aromatic heterocycles. The first-order valence-corrected chi connectivity index (χ1v) is 8.07. The van der Waals surface area contributed by atoms with E-state index >= 15 is 0 Å². The van der Waals surface area contributed by atoms with Gasteiger partial charge in [0.1, 0.15) is 6.04 Å². The largest absolute Gasteiger partial charge is 0.480 e. The van der Waals surface area contributed by atoms with Crippen molar-refractivity contribution in [1.29, 1.82) is 0 Å². The van der Waals surface area contributed by atoms with E-state index in [1.54, 1.807) is 0 Å². The molecule has 0 bridgehead atoms. The number of aliphatic carboxylic acids is 2. The second-order valence-electron chi connectivity index (χ2n) is 6.11. The highest BCUT2D eigenvalue weighted by Gasteiger charge is 2.22. The van der Waals surface area contributed by atoms with E-state index in [9.17, 15) is 14.4 Å². The van der Waals surface area contributed by atoms with Gasteiger partial charge < -0.3 is 21.3 Å². The number of amides is 1. The van der Waals surface area contributed by atoms with Crippen LogP contribution in [0.15, 0.2) is 0 Å². The van der Waals surface area contributed by atoms with Crippen molar-refractivity contribution in [3.05, 3.63) is 0 Å². The van der Waals surface area contributed by atoms with Gasteiger partial charge in [-0.25, -0.2) is 0 Å². The van der Waals surface area contributed by atoms with Gasteiger partial charge in [0, 0.05) is 13.0 Å². The molecule has 1 aliphatic heterocycles. The molecule has 23 heavy (non-hydrogen) atoms. The predicted octanol–water partition coefficient (Wildman–Crippen LogP) is -0.128. The van der Waals surface area contributed by atoms with Crippen molar-refractivity contribution < 1.29 is 24.6 Å². The van der Waals surface area contributed by atoms with Crippen LogP contribution in [0.1, 0.15) is 38.5 Å². The number of carbonyl (C=O) groups is 3. The first-order valence-electron chi connectivity index (χ1n) is 8.07. The number of carboxylic acid groups (broad SMARTS) is 2. The first kappa shape index (κ1) is 19.4. The van der Waals surface area contributed by atoms with E-state index in [1.807, 2.05) is 4.90 Å². The van der Waals surface area contributed by atoms with Crippen LogP contribution in [0.5, 0.6) is 0 Å². The summed E-state index contributed by atoms with van der Waals surface area (Å²) in [5.41, 5.74) is 5.40. The van der Waals surface area contributed by atoms with Crippen molar-refractivity contribution in [2.45, 2.75) is 44.6 Å². The number of nitrogens with two attached hydrogens (primary N) is 1. The molecule has 1 unspecified atom stereocenters. The third-order valence-electron chi connectivity index (χ3n) is 4.12. The van der Waals surface area contributed by atoms with Crippen LogP contribution in [0.25, 0.3) is 0 Å². The molecule has 1 rings (SSSR count). The fourth-order valence-electron chi connectivity index (χ4n) is 2.71. The molecule has 1 heterocycles.